The standard InChI is InChI=1S/C17H18N2O3/c1-21-17(20)16(19-11-13-5-4-8-22-13)9-12-10-18-15-7-3-2-6-14(12)15/h2-8,10,16,18-19H,9,11H2,1H3/t16-/m1/s1. The number of hydrogen-bond acceptors (Lipinski definition) is 4. The highest BCUT2D eigenvalue weighted by atomic mass is 16.5. The van der Waals surface area contributed by atoms with Gasteiger partial charge in [0, 0.05) is 23.5 Å². The molecule has 22 heavy (non-hydrogen) atoms. The van der Waals surface area contributed by atoms with E-state index in [1.165, 1.54) is 7.11 Å². The summed E-state index contributed by atoms with van der Waals surface area (Å²) >= 11 is 0. The van der Waals surface area contributed by atoms with E-state index >= 15 is 0 Å². The van der Waals surface area contributed by atoms with Crippen LogP contribution in [0.1, 0.15) is 11.3 Å². The zero-order chi connectivity index (χ0) is 15.4. The fourth-order valence-corrected chi connectivity index (χ4v) is 2.54. The third-order valence-corrected chi connectivity index (χ3v) is 3.69. The molecule has 0 saturated carbocycles. The van der Waals surface area contributed by atoms with Crippen LogP contribution in [0, 0.1) is 0 Å². The number of ether oxygens (including phenoxy) is 1. The third-order valence-electron chi connectivity index (χ3n) is 3.69. The lowest BCUT2D eigenvalue weighted by molar-refractivity contribution is -0.143. The summed E-state index contributed by atoms with van der Waals surface area (Å²) in [6, 6.07) is 11.3. The number of rotatable bonds is 6. The van der Waals surface area contributed by atoms with Crippen molar-refractivity contribution in [1.82, 2.24) is 10.3 Å². The minimum atomic E-state index is -0.422. The number of methoxy groups -OCH3 is 1. The average molecular weight is 298 g/mol. The molecule has 0 spiro atoms. The molecule has 3 rings (SSSR count). The Hall–Kier alpha value is -2.53. The molecule has 0 radical (unpaired) electrons. The second-order valence-electron chi connectivity index (χ2n) is 5.10. The van der Waals surface area contributed by atoms with Gasteiger partial charge in [0.05, 0.1) is 19.9 Å². The summed E-state index contributed by atoms with van der Waals surface area (Å²) in [5.74, 6) is 0.504. The Kier molecular flexibility index (Phi) is 4.25. The quantitative estimate of drug-likeness (QED) is 0.687. The Morgan fingerprint density at radius 1 is 1.32 bits per heavy atom. The van der Waals surface area contributed by atoms with Gasteiger partial charge in [-0.2, -0.15) is 0 Å². The first-order valence-electron chi connectivity index (χ1n) is 7.16. The third kappa shape index (κ3) is 3.04. The summed E-state index contributed by atoms with van der Waals surface area (Å²) in [6.07, 6.45) is 4.11. The Balaban J connectivity index is 1.76. The molecule has 5 heteroatoms. The molecule has 0 aliphatic carbocycles. The predicted molar refractivity (Wildman–Crippen MR) is 83.4 cm³/mol. The molecule has 0 aliphatic heterocycles. The van der Waals surface area contributed by atoms with Crippen LogP contribution in [0.3, 0.4) is 0 Å². The lowest BCUT2D eigenvalue weighted by Gasteiger charge is -2.15. The fourth-order valence-electron chi connectivity index (χ4n) is 2.54. The molecule has 1 atom stereocenters. The molecule has 2 heterocycles. The van der Waals surface area contributed by atoms with Gasteiger partial charge in [-0.1, -0.05) is 18.2 Å². The molecule has 0 saturated heterocycles. The van der Waals surface area contributed by atoms with Gasteiger partial charge >= 0.3 is 5.97 Å². The van der Waals surface area contributed by atoms with Crippen molar-refractivity contribution < 1.29 is 13.9 Å². The van der Waals surface area contributed by atoms with Gasteiger partial charge in [0.1, 0.15) is 11.8 Å². The first-order valence-corrected chi connectivity index (χ1v) is 7.16. The van der Waals surface area contributed by atoms with E-state index in [0.29, 0.717) is 13.0 Å². The van der Waals surface area contributed by atoms with E-state index in [-0.39, 0.29) is 5.97 Å². The second-order valence-corrected chi connectivity index (χ2v) is 5.10. The van der Waals surface area contributed by atoms with Crippen molar-refractivity contribution in [3.63, 3.8) is 0 Å². The number of aromatic amines is 1. The molecule has 0 fully saturated rings. The number of furan rings is 1. The maximum Gasteiger partial charge on any atom is 0.323 e. The summed E-state index contributed by atoms with van der Waals surface area (Å²) in [6.45, 7) is 0.481. The highest BCUT2D eigenvalue weighted by Gasteiger charge is 2.21. The topological polar surface area (TPSA) is 67.3 Å². The summed E-state index contributed by atoms with van der Waals surface area (Å²) < 4.78 is 10.2. The van der Waals surface area contributed by atoms with Crippen LogP contribution < -0.4 is 5.32 Å². The Labute approximate surface area is 128 Å². The molecule has 1 aromatic carbocycles. The number of H-pyrrole nitrogens is 1. The van der Waals surface area contributed by atoms with E-state index < -0.39 is 6.04 Å². The summed E-state index contributed by atoms with van der Waals surface area (Å²) in [4.78, 5) is 15.2. The van der Waals surface area contributed by atoms with Crippen LogP contribution in [0.4, 0.5) is 0 Å². The van der Waals surface area contributed by atoms with Gasteiger partial charge < -0.3 is 14.1 Å². The molecular weight excluding hydrogens is 280 g/mol. The zero-order valence-electron chi connectivity index (χ0n) is 12.3. The smallest absolute Gasteiger partial charge is 0.323 e. The Morgan fingerprint density at radius 2 is 2.18 bits per heavy atom. The summed E-state index contributed by atoms with van der Waals surface area (Å²) in [5, 5.41) is 4.32. The number of nitrogens with one attached hydrogen (secondary N) is 2. The molecule has 2 N–H and O–H groups in total. The van der Waals surface area contributed by atoms with Crippen molar-refractivity contribution >= 4 is 16.9 Å². The van der Waals surface area contributed by atoms with Crippen LogP contribution in [0.15, 0.2) is 53.3 Å². The highest BCUT2D eigenvalue weighted by molar-refractivity contribution is 5.84. The normalized spacial score (nSPS) is 12.4. The van der Waals surface area contributed by atoms with E-state index in [4.69, 9.17) is 9.15 Å². The minimum Gasteiger partial charge on any atom is -0.468 e. The van der Waals surface area contributed by atoms with Crippen LogP contribution in [0.2, 0.25) is 0 Å². The Bertz CT molecular complexity index is 746. The SMILES string of the molecule is COC(=O)[C@@H](Cc1c[nH]c2ccccc12)NCc1ccco1. The molecule has 0 amide bonds. The van der Waals surface area contributed by atoms with Crippen molar-refractivity contribution in [2.75, 3.05) is 7.11 Å². The van der Waals surface area contributed by atoms with Gasteiger partial charge in [0.15, 0.2) is 0 Å². The molecular formula is C17H18N2O3. The predicted octanol–water partition coefficient (Wildman–Crippen LogP) is 2.63. The maximum atomic E-state index is 12.0. The number of fused-ring (bicyclic) bond motifs is 1. The molecule has 114 valence electrons. The van der Waals surface area contributed by atoms with E-state index in [9.17, 15) is 4.79 Å². The van der Waals surface area contributed by atoms with Crippen LogP contribution in [0.25, 0.3) is 10.9 Å². The number of carbonyl (C=O) groups excluding carboxylic acids is 1. The maximum absolute atomic E-state index is 12.0. The van der Waals surface area contributed by atoms with Crippen LogP contribution >= 0.6 is 0 Å². The van der Waals surface area contributed by atoms with Crippen LogP contribution in [0.5, 0.6) is 0 Å². The van der Waals surface area contributed by atoms with E-state index in [0.717, 1.165) is 22.2 Å². The minimum absolute atomic E-state index is 0.281. The summed E-state index contributed by atoms with van der Waals surface area (Å²) in [5.41, 5.74) is 2.14. The molecule has 0 aliphatic rings. The molecule has 2 aromatic heterocycles. The Morgan fingerprint density at radius 3 is 2.95 bits per heavy atom. The monoisotopic (exact) mass is 298 g/mol. The first-order chi connectivity index (χ1) is 10.8. The van der Waals surface area contributed by atoms with E-state index in [1.807, 2.05) is 42.6 Å². The second kappa shape index (κ2) is 6.49. The number of para-hydroxylation sites is 1. The van der Waals surface area contributed by atoms with Gasteiger partial charge in [-0.15, -0.1) is 0 Å². The van der Waals surface area contributed by atoms with Crippen LogP contribution in [-0.2, 0) is 22.5 Å². The number of aromatic nitrogens is 1. The summed E-state index contributed by atoms with van der Waals surface area (Å²) in [7, 11) is 1.40. The fraction of sp³-hybridized carbons (Fsp3) is 0.235. The average Bonchev–Trinajstić information content (AvgIpc) is 3.20. The van der Waals surface area contributed by atoms with Crippen molar-refractivity contribution in [2.45, 2.75) is 19.0 Å². The number of benzene rings is 1. The molecule has 0 unspecified atom stereocenters. The van der Waals surface area contributed by atoms with Crippen molar-refractivity contribution in [1.29, 1.82) is 0 Å². The lowest BCUT2D eigenvalue weighted by Crippen LogP contribution is -2.38. The van der Waals surface area contributed by atoms with E-state index in [2.05, 4.69) is 10.3 Å². The van der Waals surface area contributed by atoms with Crippen molar-refractivity contribution in [3.8, 4) is 0 Å². The number of hydrogen-bond donors (Lipinski definition) is 2. The molecule has 0 bridgehead atoms. The zero-order valence-corrected chi connectivity index (χ0v) is 12.3. The molecule has 3 aromatic rings. The van der Waals surface area contributed by atoms with Crippen molar-refractivity contribution in [3.05, 3.63) is 60.2 Å². The van der Waals surface area contributed by atoms with Gasteiger partial charge in [0.25, 0.3) is 0 Å². The van der Waals surface area contributed by atoms with Crippen molar-refractivity contribution in [2.24, 2.45) is 0 Å². The van der Waals surface area contributed by atoms with Gasteiger partial charge in [-0.05, 0) is 23.8 Å². The van der Waals surface area contributed by atoms with Crippen LogP contribution in [-0.4, -0.2) is 24.1 Å². The number of carbonyl (C=O) groups is 1. The highest BCUT2D eigenvalue weighted by Crippen LogP contribution is 2.19. The number of esters is 1. The largest absolute Gasteiger partial charge is 0.468 e. The van der Waals surface area contributed by atoms with Gasteiger partial charge in [0.2, 0.25) is 0 Å². The lowest BCUT2D eigenvalue weighted by atomic mass is 10.0. The van der Waals surface area contributed by atoms with E-state index in [1.54, 1.807) is 6.26 Å². The van der Waals surface area contributed by atoms with Gasteiger partial charge in [-0.25, -0.2) is 0 Å². The first kappa shape index (κ1) is 14.4. The van der Waals surface area contributed by atoms with Gasteiger partial charge in [-0.3, -0.25) is 10.1 Å². The molecule has 5 nitrogen and oxygen atoms in total.